The molecule has 0 amide bonds. The van der Waals surface area contributed by atoms with E-state index in [1.807, 2.05) is 50.2 Å². The number of fused-ring (bicyclic) bond motifs is 2. The third kappa shape index (κ3) is 2.27. The van der Waals surface area contributed by atoms with Crippen LogP contribution in [-0.2, 0) is 6.42 Å². The van der Waals surface area contributed by atoms with Crippen LogP contribution in [-0.4, -0.2) is 5.21 Å². The summed E-state index contributed by atoms with van der Waals surface area (Å²) in [7, 11) is 0. The van der Waals surface area contributed by atoms with Crippen LogP contribution in [0.1, 0.15) is 22.3 Å². The van der Waals surface area contributed by atoms with Crippen molar-refractivity contribution in [3.63, 3.8) is 0 Å². The first-order valence-electron chi connectivity index (χ1n) is 7.83. The SMILES string of the molecule is Cc1coc2cc3oc(=NO)c(Cc4ccccc4)c(C)c3cc12. The van der Waals surface area contributed by atoms with Crippen molar-refractivity contribution >= 4 is 21.9 Å². The number of aryl methyl sites for hydroxylation is 2. The first-order valence-corrected chi connectivity index (χ1v) is 7.83. The van der Waals surface area contributed by atoms with Crippen molar-refractivity contribution in [2.75, 3.05) is 0 Å². The van der Waals surface area contributed by atoms with Gasteiger partial charge in [0.05, 0.1) is 6.26 Å². The van der Waals surface area contributed by atoms with Crippen LogP contribution in [0.2, 0.25) is 0 Å². The monoisotopic (exact) mass is 319 g/mol. The zero-order chi connectivity index (χ0) is 16.7. The predicted octanol–water partition coefficient (Wildman–Crippen LogP) is 4.68. The fourth-order valence-electron chi connectivity index (χ4n) is 3.14. The van der Waals surface area contributed by atoms with Crippen molar-refractivity contribution in [3.8, 4) is 0 Å². The van der Waals surface area contributed by atoms with E-state index in [1.54, 1.807) is 6.26 Å². The molecule has 4 rings (SSSR count). The average molecular weight is 319 g/mol. The zero-order valence-corrected chi connectivity index (χ0v) is 13.5. The van der Waals surface area contributed by atoms with Crippen molar-refractivity contribution in [2.24, 2.45) is 5.16 Å². The molecule has 4 nitrogen and oxygen atoms in total. The van der Waals surface area contributed by atoms with Crippen LogP contribution in [0.5, 0.6) is 0 Å². The Labute approximate surface area is 138 Å². The maximum absolute atomic E-state index is 9.41. The molecule has 0 fully saturated rings. The first-order chi connectivity index (χ1) is 11.7. The van der Waals surface area contributed by atoms with E-state index >= 15 is 0 Å². The van der Waals surface area contributed by atoms with E-state index in [0.29, 0.717) is 12.0 Å². The fraction of sp³-hybridized carbons (Fsp3) is 0.150. The van der Waals surface area contributed by atoms with Gasteiger partial charge in [0.1, 0.15) is 11.2 Å². The molecule has 0 aliphatic carbocycles. The highest BCUT2D eigenvalue weighted by Crippen LogP contribution is 2.29. The lowest BCUT2D eigenvalue weighted by Crippen LogP contribution is -2.13. The molecule has 0 atom stereocenters. The van der Waals surface area contributed by atoms with Crippen molar-refractivity contribution in [1.82, 2.24) is 0 Å². The normalized spacial score (nSPS) is 12.3. The summed E-state index contributed by atoms with van der Waals surface area (Å²) in [4.78, 5) is 0. The van der Waals surface area contributed by atoms with Crippen molar-refractivity contribution in [2.45, 2.75) is 20.3 Å². The Balaban J connectivity index is 2.00. The molecule has 1 N–H and O–H groups in total. The number of hydrogen-bond acceptors (Lipinski definition) is 4. The number of benzene rings is 2. The van der Waals surface area contributed by atoms with Crippen LogP contribution in [0, 0.1) is 13.8 Å². The highest BCUT2D eigenvalue weighted by molar-refractivity contribution is 5.96. The van der Waals surface area contributed by atoms with E-state index in [0.717, 1.165) is 38.6 Å². The minimum atomic E-state index is 0.242. The minimum absolute atomic E-state index is 0.242. The Hall–Kier alpha value is -3.01. The van der Waals surface area contributed by atoms with E-state index in [4.69, 9.17) is 8.83 Å². The molecule has 120 valence electrons. The smallest absolute Gasteiger partial charge is 0.259 e. The molecule has 0 spiro atoms. The lowest BCUT2D eigenvalue weighted by Gasteiger charge is -2.09. The lowest BCUT2D eigenvalue weighted by atomic mass is 9.98. The largest absolute Gasteiger partial charge is 0.464 e. The van der Waals surface area contributed by atoms with Crippen LogP contribution in [0.3, 0.4) is 0 Å². The Bertz CT molecular complexity index is 1100. The van der Waals surface area contributed by atoms with Gasteiger partial charge in [-0.05, 0) is 41.8 Å². The predicted molar refractivity (Wildman–Crippen MR) is 92.1 cm³/mol. The molecule has 24 heavy (non-hydrogen) atoms. The molecule has 0 radical (unpaired) electrons. The quantitative estimate of drug-likeness (QED) is 0.431. The van der Waals surface area contributed by atoms with Gasteiger partial charge in [-0.1, -0.05) is 30.3 Å². The maximum Gasteiger partial charge on any atom is 0.259 e. The molecular formula is C20H17NO3. The molecule has 0 saturated carbocycles. The lowest BCUT2D eigenvalue weighted by molar-refractivity contribution is 0.275. The number of nitrogens with zero attached hydrogens (tertiary/aromatic N) is 1. The molecule has 2 aromatic heterocycles. The van der Waals surface area contributed by atoms with E-state index < -0.39 is 0 Å². The number of furan rings is 1. The highest BCUT2D eigenvalue weighted by atomic mass is 16.5. The summed E-state index contributed by atoms with van der Waals surface area (Å²) in [5.41, 5.74) is 5.83. The molecule has 0 aliphatic rings. The second kappa shape index (κ2) is 5.57. The summed E-state index contributed by atoms with van der Waals surface area (Å²) < 4.78 is 11.4. The van der Waals surface area contributed by atoms with Gasteiger partial charge in [-0.15, -0.1) is 0 Å². The second-order valence-electron chi connectivity index (χ2n) is 6.04. The minimum Gasteiger partial charge on any atom is -0.464 e. The van der Waals surface area contributed by atoms with Crippen LogP contribution in [0.15, 0.2) is 62.7 Å². The second-order valence-corrected chi connectivity index (χ2v) is 6.04. The highest BCUT2D eigenvalue weighted by Gasteiger charge is 2.14. The molecule has 0 aliphatic heterocycles. The number of hydrogen-bond donors (Lipinski definition) is 1. The van der Waals surface area contributed by atoms with E-state index in [-0.39, 0.29) is 5.55 Å². The zero-order valence-electron chi connectivity index (χ0n) is 13.5. The van der Waals surface area contributed by atoms with Crippen molar-refractivity contribution in [3.05, 3.63) is 76.5 Å². The Kier molecular flexibility index (Phi) is 3.38. The fourth-order valence-corrected chi connectivity index (χ4v) is 3.14. The average Bonchev–Trinajstić information content (AvgIpc) is 2.97. The van der Waals surface area contributed by atoms with Gasteiger partial charge in [-0.25, -0.2) is 0 Å². The van der Waals surface area contributed by atoms with Gasteiger partial charge in [0, 0.05) is 28.8 Å². The van der Waals surface area contributed by atoms with Crippen LogP contribution in [0.4, 0.5) is 0 Å². The van der Waals surface area contributed by atoms with Crippen molar-refractivity contribution < 1.29 is 14.0 Å². The maximum atomic E-state index is 9.41. The third-order valence-corrected chi connectivity index (χ3v) is 4.51. The van der Waals surface area contributed by atoms with Gasteiger partial charge in [0.15, 0.2) is 0 Å². The van der Waals surface area contributed by atoms with Gasteiger partial charge >= 0.3 is 0 Å². The topological polar surface area (TPSA) is 58.9 Å². The third-order valence-electron chi connectivity index (χ3n) is 4.51. The summed E-state index contributed by atoms with van der Waals surface area (Å²) in [5.74, 6) is 0. The summed E-state index contributed by atoms with van der Waals surface area (Å²) in [6.07, 6.45) is 2.38. The Morgan fingerprint density at radius 1 is 1.00 bits per heavy atom. The van der Waals surface area contributed by atoms with Crippen LogP contribution >= 0.6 is 0 Å². The van der Waals surface area contributed by atoms with E-state index in [2.05, 4.69) is 11.2 Å². The van der Waals surface area contributed by atoms with Crippen molar-refractivity contribution in [1.29, 1.82) is 0 Å². The summed E-state index contributed by atoms with van der Waals surface area (Å²) >= 11 is 0. The van der Waals surface area contributed by atoms with E-state index in [9.17, 15) is 5.21 Å². The summed E-state index contributed by atoms with van der Waals surface area (Å²) in [6.45, 7) is 4.05. The molecule has 0 saturated heterocycles. The summed E-state index contributed by atoms with van der Waals surface area (Å²) in [5, 5.41) is 14.8. The van der Waals surface area contributed by atoms with Crippen LogP contribution < -0.4 is 5.55 Å². The standard InChI is InChI=1S/C20H17NO3/c1-12-11-23-18-10-19-16(9-15(12)18)13(2)17(20(21-22)24-19)8-14-6-4-3-5-7-14/h3-7,9-11,22H,8H2,1-2H3. The number of rotatable bonds is 2. The van der Waals surface area contributed by atoms with Gasteiger partial charge in [0.25, 0.3) is 5.55 Å². The molecular weight excluding hydrogens is 302 g/mol. The molecule has 4 aromatic rings. The molecule has 2 aromatic carbocycles. The van der Waals surface area contributed by atoms with Gasteiger partial charge < -0.3 is 14.0 Å². The Morgan fingerprint density at radius 2 is 1.79 bits per heavy atom. The molecule has 4 heteroatoms. The molecule has 2 heterocycles. The molecule has 0 unspecified atom stereocenters. The first kappa shape index (κ1) is 14.6. The molecule has 0 bridgehead atoms. The van der Waals surface area contributed by atoms with Gasteiger partial charge in [-0.3, -0.25) is 0 Å². The van der Waals surface area contributed by atoms with Gasteiger partial charge in [-0.2, -0.15) is 0 Å². The Morgan fingerprint density at radius 3 is 2.54 bits per heavy atom. The summed E-state index contributed by atoms with van der Waals surface area (Å²) in [6, 6.07) is 14.0. The van der Waals surface area contributed by atoms with Crippen LogP contribution in [0.25, 0.3) is 21.9 Å². The van der Waals surface area contributed by atoms with E-state index in [1.165, 1.54) is 0 Å². The van der Waals surface area contributed by atoms with Gasteiger partial charge in [0.2, 0.25) is 0 Å².